The highest BCUT2D eigenvalue weighted by Crippen LogP contribution is 2.41. The van der Waals surface area contributed by atoms with E-state index < -0.39 is 66.1 Å². The lowest BCUT2D eigenvalue weighted by atomic mass is 9.79. The molecule has 0 aliphatic carbocycles. The Bertz CT molecular complexity index is 1640. The molecule has 2 saturated heterocycles. The smallest absolute Gasteiger partial charge is 0.407 e. The van der Waals surface area contributed by atoms with Crippen LogP contribution in [0.1, 0.15) is 24.3 Å². The van der Waals surface area contributed by atoms with Crippen molar-refractivity contribution < 1.29 is 38.1 Å². The zero-order valence-corrected chi connectivity index (χ0v) is 25.0. The number of hydrogen-bond acceptors (Lipinski definition) is 8. The van der Waals surface area contributed by atoms with Crippen molar-refractivity contribution in [3.8, 4) is 17.4 Å². The first-order valence-electron chi connectivity index (χ1n) is 14.1. The van der Waals surface area contributed by atoms with Gasteiger partial charge in [-0.25, -0.2) is 18.6 Å². The average molecular weight is 648 g/mol. The SMILES string of the molecule is COc1cc(Cl)cc(Oc2ncn(C[C@@]3(O)CCN(C(=O)[C@@H]4CCN(C(=O)O)C[C@H]4c4ccccc4)CC3(F)F)c(=O)c2N)c1. The summed E-state index contributed by atoms with van der Waals surface area (Å²) in [7, 11) is 1.43. The fourth-order valence-electron chi connectivity index (χ4n) is 5.84. The van der Waals surface area contributed by atoms with Crippen LogP contribution in [0.2, 0.25) is 5.02 Å². The van der Waals surface area contributed by atoms with Crippen LogP contribution in [0.4, 0.5) is 19.3 Å². The van der Waals surface area contributed by atoms with E-state index in [1.54, 1.807) is 30.3 Å². The number of piperidine rings is 2. The zero-order valence-electron chi connectivity index (χ0n) is 24.2. The lowest BCUT2D eigenvalue weighted by Gasteiger charge is -2.46. The summed E-state index contributed by atoms with van der Waals surface area (Å²) in [5.41, 5.74) is 2.59. The highest BCUT2D eigenvalue weighted by molar-refractivity contribution is 6.30. The third-order valence-corrected chi connectivity index (χ3v) is 8.59. The van der Waals surface area contributed by atoms with Gasteiger partial charge in [-0.15, -0.1) is 0 Å². The Morgan fingerprint density at radius 2 is 1.84 bits per heavy atom. The average Bonchev–Trinajstić information content (AvgIpc) is 3.01. The predicted octanol–water partition coefficient (Wildman–Crippen LogP) is 3.66. The molecule has 15 heteroatoms. The first-order valence-corrected chi connectivity index (χ1v) is 14.5. The summed E-state index contributed by atoms with van der Waals surface area (Å²) in [5, 5.41) is 21.0. The quantitative estimate of drug-likeness (QED) is 0.348. The number of nitrogens with two attached hydrogens (primary N) is 1. The number of alkyl halides is 2. The molecule has 2 fully saturated rings. The van der Waals surface area contributed by atoms with Crippen LogP contribution in [-0.4, -0.2) is 86.4 Å². The topological polar surface area (TPSA) is 160 Å². The summed E-state index contributed by atoms with van der Waals surface area (Å²) in [4.78, 5) is 44.5. The van der Waals surface area contributed by atoms with Gasteiger partial charge < -0.3 is 35.2 Å². The minimum atomic E-state index is -3.81. The molecule has 3 atom stereocenters. The van der Waals surface area contributed by atoms with Crippen molar-refractivity contribution in [2.24, 2.45) is 5.92 Å². The van der Waals surface area contributed by atoms with Crippen LogP contribution in [0.5, 0.6) is 17.4 Å². The largest absolute Gasteiger partial charge is 0.497 e. The first-order chi connectivity index (χ1) is 21.3. The second kappa shape index (κ2) is 12.5. The number of hydrogen-bond donors (Lipinski definition) is 3. The number of aromatic nitrogens is 2. The number of rotatable bonds is 7. The number of carboxylic acid groups (broad SMARTS) is 1. The standard InChI is InChI=1S/C30H32ClF2N5O7/c1-44-20-11-19(31)12-21(13-20)45-25-24(34)27(40)38(17-35-25)15-29(43)8-10-37(16-30(29,32)33)26(39)22-7-9-36(28(41)42)14-23(22)18-5-3-2-4-6-18/h2-6,11-13,17,22-23,43H,7-10,14-16,34H2,1H3,(H,41,42)/t22-,23+,29+/m1/s1. The number of anilines is 1. The van der Waals surface area contributed by atoms with Gasteiger partial charge in [-0.1, -0.05) is 41.9 Å². The van der Waals surface area contributed by atoms with E-state index in [4.69, 9.17) is 26.8 Å². The second-order valence-corrected chi connectivity index (χ2v) is 11.6. The molecule has 1 aromatic heterocycles. The van der Waals surface area contributed by atoms with Crippen molar-refractivity contribution in [1.82, 2.24) is 19.4 Å². The molecule has 0 saturated carbocycles. The van der Waals surface area contributed by atoms with Crippen molar-refractivity contribution in [3.63, 3.8) is 0 Å². The minimum absolute atomic E-state index is 0.0474. The number of likely N-dealkylation sites (tertiary alicyclic amines) is 2. The molecular formula is C30H32ClF2N5O7. The van der Waals surface area contributed by atoms with Gasteiger partial charge in [0.15, 0.2) is 5.69 Å². The number of nitrogens with zero attached hydrogens (tertiary/aromatic N) is 4. The number of amides is 2. The van der Waals surface area contributed by atoms with Gasteiger partial charge in [-0.3, -0.25) is 14.2 Å². The van der Waals surface area contributed by atoms with Crippen LogP contribution >= 0.6 is 11.6 Å². The Labute approximate surface area is 261 Å². The molecule has 2 aliphatic heterocycles. The van der Waals surface area contributed by atoms with Crippen LogP contribution in [0, 0.1) is 5.92 Å². The molecule has 5 rings (SSSR count). The van der Waals surface area contributed by atoms with Crippen LogP contribution in [0.15, 0.2) is 59.7 Å². The lowest BCUT2D eigenvalue weighted by Crippen LogP contribution is -2.64. The summed E-state index contributed by atoms with van der Waals surface area (Å²) in [6.07, 6.45) is -0.551. The molecule has 0 bridgehead atoms. The van der Waals surface area contributed by atoms with Gasteiger partial charge in [0.1, 0.15) is 23.4 Å². The van der Waals surface area contributed by atoms with Gasteiger partial charge in [0.05, 0.1) is 20.2 Å². The molecule has 0 radical (unpaired) electrons. The molecule has 240 valence electrons. The Morgan fingerprint density at radius 3 is 2.51 bits per heavy atom. The van der Waals surface area contributed by atoms with E-state index in [2.05, 4.69) is 4.98 Å². The lowest BCUT2D eigenvalue weighted by molar-refractivity contribution is -0.223. The molecule has 2 aromatic carbocycles. The van der Waals surface area contributed by atoms with Crippen molar-refractivity contribution >= 4 is 29.3 Å². The highest BCUT2D eigenvalue weighted by Gasteiger charge is 2.58. The van der Waals surface area contributed by atoms with E-state index in [1.807, 2.05) is 0 Å². The number of carbonyl (C=O) groups is 2. The molecule has 2 amide bonds. The summed E-state index contributed by atoms with van der Waals surface area (Å²) in [6.45, 7) is -2.00. The number of aliphatic hydroxyl groups is 1. The predicted molar refractivity (Wildman–Crippen MR) is 159 cm³/mol. The molecule has 3 heterocycles. The Kier molecular flexibility index (Phi) is 8.90. The van der Waals surface area contributed by atoms with Gasteiger partial charge in [0, 0.05) is 49.0 Å². The fourth-order valence-corrected chi connectivity index (χ4v) is 6.05. The van der Waals surface area contributed by atoms with E-state index in [1.165, 1.54) is 30.2 Å². The molecule has 0 spiro atoms. The molecule has 12 nitrogen and oxygen atoms in total. The van der Waals surface area contributed by atoms with Gasteiger partial charge in [0.25, 0.3) is 11.5 Å². The summed E-state index contributed by atoms with van der Waals surface area (Å²) < 4.78 is 42.8. The van der Waals surface area contributed by atoms with Crippen LogP contribution < -0.4 is 20.8 Å². The van der Waals surface area contributed by atoms with Crippen molar-refractivity contribution in [1.29, 1.82) is 0 Å². The van der Waals surface area contributed by atoms with E-state index >= 15 is 8.78 Å². The summed E-state index contributed by atoms with van der Waals surface area (Å²) in [5.74, 6) is -5.37. The zero-order chi connectivity index (χ0) is 32.5. The number of benzene rings is 2. The van der Waals surface area contributed by atoms with Crippen molar-refractivity contribution in [3.05, 3.63) is 75.8 Å². The number of ether oxygens (including phenoxy) is 2. The van der Waals surface area contributed by atoms with E-state index in [-0.39, 0.29) is 42.7 Å². The fraction of sp³-hybridized carbons (Fsp3) is 0.400. The maximum absolute atomic E-state index is 15.7. The Hall–Kier alpha value is -4.43. The van der Waals surface area contributed by atoms with E-state index in [9.17, 15) is 24.6 Å². The number of methoxy groups -OCH3 is 1. The Morgan fingerprint density at radius 1 is 1.13 bits per heavy atom. The molecular weight excluding hydrogens is 616 g/mol. The third kappa shape index (κ3) is 6.52. The number of nitrogen functional groups attached to an aromatic ring is 1. The van der Waals surface area contributed by atoms with Gasteiger partial charge in [-0.2, -0.15) is 0 Å². The summed E-state index contributed by atoms with van der Waals surface area (Å²) >= 11 is 6.04. The first kappa shape index (κ1) is 32.0. The van der Waals surface area contributed by atoms with Crippen molar-refractivity contribution in [2.45, 2.75) is 36.8 Å². The van der Waals surface area contributed by atoms with Crippen LogP contribution in [0.25, 0.3) is 0 Å². The van der Waals surface area contributed by atoms with Gasteiger partial charge in [-0.05, 0) is 24.1 Å². The third-order valence-electron chi connectivity index (χ3n) is 8.37. The van der Waals surface area contributed by atoms with Gasteiger partial charge >= 0.3 is 6.09 Å². The molecule has 45 heavy (non-hydrogen) atoms. The second-order valence-electron chi connectivity index (χ2n) is 11.2. The maximum atomic E-state index is 15.7. The molecule has 3 aromatic rings. The minimum Gasteiger partial charge on any atom is -0.497 e. The number of halogens is 3. The molecule has 4 N–H and O–H groups in total. The number of carbonyl (C=O) groups excluding carboxylic acids is 1. The van der Waals surface area contributed by atoms with Crippen molar-refractivity contribution in [2.75, 3.05) is 39.0 Å². The summed E-state index contributed by atoms with van der Waals surface area (Å²) in [6, 6.07) is 13.3. The molecule has 2 aliphatic rings. The van der Waals surface area contributed by atoms with Crippen LogP contribution in [-0.2, 0) is 11.3 Å². The van der Waals surface area contributed by atoms with E-state index in [0.717, 1.165) is 21.4 Å². The Balaban J connectivity index is 1.31. The maximum Gasteiger partial charge on any atom is 0.407 e. The van der Waals surface area contributed by atoms with Crippen LogP contribution in [0.3, 0.4) is 0 Å². The monoisotopic (exact) mass is 647 g/mol. The normalized spacial score (nSPS) is 23.0. The van der Waals surface area contributed by atoms with Gasteiger partial charge in [0.2, 0.25) is 11.8 Å². The highest BCUT2D eigenvalue weighted by atomic mass is 35.5. The molecule has 0 unspecified atom stereocenters. The van der Waals surface area contributed by atoms with E-state index in [0.29, 0.717) is 5.75 Å².